The fourth-order valence-electron chi connectivity index (χ4n) is 2.75. The number of amides is 1. The van der Waals surface area contributed by atoms with Crippen molar-refractivity contribution in [2.45, 2.75) is 25.4 Å². The van der Waals surface area contributed by atoms with Gasteiger partial charge >= 0.3 is 6.18 Å². The second-order valence-electron chi connectivity index (χ2n) is 5.21. The average molecular weight is 321 g/mol. The minimum absolute atomic E-state index is 0.0268. The largest absolute Gasteiger partial charge is 0.418 e. The lowest BCUT2D eigenvalue weighted by atomic mass is 9.95. The fourth-order valence-corrected chi connectivity index (χ4v) is 2.92. The van der Waals surface area contributed by atoms with Gasteiger partial charge in [-0.2, -0.15) is 13.2 Å². The zero-order valence-electron chi connectivity index (χ0n) is 11.2. The fraction of sp³-hybridized carbons (Fsp3) is 0.500. The highest BCUT2D eigenvalue weighted by atomic mass is 35.5. The first-order valence-electron chi connectivity index (χ1n) is 6.70. The standard InChI is InChI=1S/C14H16ClF3N2O/c15-9-4-5-12(11(6-9)14(16,17)18)20-13(21)10-3-1-2-8(10)7-19/h4-6,8,10H,1-3,7,19H2,(H,20,21). The monoisotopic (exact) mass is 320 g/mol. The Bertz CT molecular complexity index is 533. The van der Waals surface area contributed by atoms with Gasteiger partial charge in [-0.05, 0) is 43.5 Å². The molecule has 0 bridgehead atoms. The summed E-state index contributed by atoms with van der Waals surface area (Å²) >= 11 is 5.60. The van der Waals surface area contributed by atoms with E-state index in [0.717, 1.165) is 18.9 Å². The molecule has 2 rings (SSSR count). The highest BCUT2D eigenvalue weighted by Gasteiger charge is 2.36. The molecule has 1 fully saturated rings. The molecule has 3 nitrogen and oxygen atoms in total. The molecule has 0 saturated heterocycles. The molecule has 0 heterocycles. The Hall–Kier alpha value is -1.27. The van der Waals surface area contributed by atoms with Gasteiger partial charge < -0.3 is 11.1 Å². The highest BCUT2D eigenvalue weighted by molar-refractivity contribution is 6.30. The molecule has 2 atom stereocenters. The molecule has 1 amide bonds. The van der Waals surface area contributed by atoms with Crippen LogP contribution in [-0.4, -0.2) is 12.5 Å². The third-order valence-electron chi connectivity index (χ3n) is 3.84. The molecule has 3 N–H and O–H groups in total. The molecule has 7 heteroatoms. The first kappa shape index (κ1) is 16.1. The van der Waals surface area contributed by atoms with Crippen molar-refractivity contribution < 1.29 is 18.0 Å². The average Bonchev–Trinajstić information content (AvgIpc) is 2.88. The third-order valence-corrected chi connectivity index (χ3v) is 4.08. The number of hydrogen-bond donors (Lipinski definition) is 2. The van der Waals surface area contributed by atoms with Crippen LogP contribution in [0.1, 0.15) is 24.8 Å². The van der Waals surface area contributed by atoms with Crippen molar-refractivity contribution >= 4 is 23.2 Å². The lowest BCUT2D eigenvalue weighted by Gasteiger charge is -2.19. The van der Waals surface area contributed by atoms with Gasteiger partial charge in [-0.15, -0.1) is 0 Å². The zero-order chi connectivity index (χ0) is 15.6. The van der Waals surface area contributed by atoms with Crippen LogP contribution in [-0.2, 0) is 11.0 Å². The van der Waals surface area contributed by atoms with Gasteiger partial charge in [0.15, 0.2) is 0 Å². The van der Waals surface area contributed by atoms with E-state index in [0.29, 0.717) is 13.0 Å². The molecule has 21 heavy (non-hydrogen) atoms. The lowest BCUT2D eigenvalue weighted by Crippen LogP contribution is -2.30. The van der Waals surface area contributed by atoms with Crippen molar-refractivity contribution in [2.24, 2.45) is 17.6 Å². The summed E-state index contributed by atoms with van der Waals surface area (Å²) in [5, 5.41) is 2.35. The van der Waals surface area contributed by atoms with Crippen LogP contribution in [0, 0.1) is 11.8 Å². The van der Waals surface area contributed by atoms with Crippen molar-refractivity contribution in [3.63, 3.8) is 0 Å². The molecule has 0 aliphatic heterocycles. The number of alkyl halides is 3. The summed E-state index contributed by atoms with van der Waals surface area (Å²) in [6, 6.07) is 3.31. The summed E-state index contributed by atoms with van der Waals surface area (Å²) in [5.41, 5.74) is 4.39. The number of nitrogens with two attached hydrogens (primary N) is 1. The smallest absolute Gasteiger partial charge is 0.330 e. The molecule has 0 aromatic heterocycles. The minimum Gasteiger partial charge on any atom is -0.330 e. The number of benzene rings is 1. The number of rotatable bonds is 3. The number of nitrogens with one attached hydrogen (secondary N) is 1. The number of halogens is 4. The Morgan fingerprint density at radius 1 is 1.38 bits per heavy atom. The molecular weight excluding hydrogens is 305 g/mol. The van der Waals surface area contributed by atoms with E-state index in [1.54, 1.807) is 0 Å². The molecule has 116 valence electrons. The van der Waals surface area contributed by atoms with Gasteiger partial charge in [0.05, 0.1) is 11.3 Å². The second-order valence-corrected chi connectivity index (χ2v) is 5.65. The van der Waals surface area contributed by atoms with Crippen molar-refractivity contribution in [1.29, 1.82) is 0 Å². The Kier molecular flexibility index (Phi) is 4.78. The Morgan fingerprint density at radius 3 is 2.71 bits per heavy atom. The summed E-state index contributed by atoms with van der Waals surface area (Å²) in [6.45, 7) is 0.366. The van der Waals surface area contributed by atoms with E-state index < -0.39 is 17.6 Å². The van der Waals surface area contributed by atoms with E-state index in [2.05, 4.69) is 5.32 Å². The van der Waals surface area contributed by atoms with E-state index in [1.165, 1.54) is 12.1 Å². The van der Waals surface area contributed by atoms with Crippen LogP contribution in [0.4, 0.5) is 18.9 Å². The van der Waals surface area contributed by atoms with Crippen LogP contribution in [0.2, 0.25) is 5.02 Å². The van der Waals surface area contributed by atoms with Gasteiger partial charge in [-0.3, -0.25) is 4.79 Å². The molecular formula is C14H16ClF3N2O. The van der Waals surface area contributed by atoms with Gasteiger partial charge in [0, 0.05) is 10.9 Å². The van der Waals surface area contributed by atoms with Crippen LogP contribution in [0.25, 0.3) is 0 Å². The summed E-state index contributed by atoms with van der Waals surface area (Å²) in [5.74, 6) is -0.700. The van der Waals surface area contributed by atoms with Crippen molar-refractivity contribution in [3.8, 4) is 0 Å². The first-order chi connectivity index (χ1) is 9.82. The topological polar surface area (TPSA) is 55.1 Å². The zero-order valence-corrected chi connectivity index (χ0v) is 12.0. The van der Waals surface area contributed by atoms with Crippen LogP contribution < -0.4 is 11.1 Å². The predicted molar refractivity (Wildman–Crippen MR) is 75.0 cm³/mol. The summed E-state index contributed by atoms with van der Waals surface area (Å²) in [4.78, 5) is 12.2. The van der Waals surface area contributed by atoms with E-state index in [4.69, 9.17) is 17.3 Å². The van der Waals surface area contributed by atoms with Crippen LogP contribution in [0.15, 0.2) is 18.2 Å². The number of carbonyl (C=O) groups is 1. The summed E-state index contributed by atoms with van der Waals surface area (Å²) < 4.78 is 38.9. The normalized spacial score (nSPS) is 22.3. The van der Waals surface area contributed by atoms with Gasteiger partial charge in [0.2, 0.25) is 5.91 Å². The van der Waals surface area contributed by atoms with Crippen LogP contribution in [0.3, 0.4) is 0 Å². The Morgan fingerprint density at radius 2 is 2.10 bits per heavy atom. The van der Waals surface area contributed by atoms with Gasteiger partial charge in [-0.25, -0.2) is 0 Å². The van der Waals surface area contributed by atoms with Gasteiger partial charge in [0.25, 0.3) is 0 Å². The molecule has 1 aliphatic rings. The van der Waals surface area contributed by atoms with Crippen molar-refractivity contribution in [3.05, 3.63) is 28.8 Å². The maximum Gasteiger partial charge on any atom is 0.418 e. The maximum absolute atomic E-state index is 13.0. The number of anilines is 1. The van der Waals surface area contributed by atoms with E-state index in [-0.39, 0.29) is 22.5 Å². The molecule has 0 spiro atoms. The lowest BCUT2D eigenvalue weighted by molar-refractivity contribution is -0.137. The minimum atomic E-state index is -4.57. The van der Waals surface area contributed by atoms with Crippen molar-refractivity contribution in [1.82, 2.24) is 0 Å². The predicted octanol–water partition coefficient (Wildman–Crippen LogP) is 3.67. The van der Waals surface area contributed by atoms with Gasteiger partial charge in [0.1, 0.15) is 0 Å². The Balaban J connectivity index is 2.21. The van der Waals surface area contributed by atoms with E-state index >= 15 is 0 Å². The Labute approximate surface area is 125 Å². The molecule has 1 aromatic rings. The number of carbonyl (C=O) groups excluding carboxylic acids is 1. The highest BCUT2D eigenvalue weighted by Crippen LogP contribution is 2.38. The van der Waals surface area contributed by atoms with E-state index in [1.807, 2.05) is 0 Å². The SMILES string of the molecule is NCC1CCCC1C(=O)Nc1ccc(Cl)cc1C(F)(F)F. The molecule has 1 aromatic carbocycles. The maximum atomic E-state index is 13.0. The van der Waals surface area contributed by atoms with Gasteiger partial charge in [-0.1, -0.05) is 18.0 Å². The number of hydrogen-bond acceptors (Lipinski definition) is 2. The second kappa shape index (κ2) is 6.23. The molecule has 1 saturated carbocycles. The quantitative estimate of drug-likeness (QED) is 0.892. The van der Waals surface area contributed by atoms with E-state index in [9.17, 15) is 18.0 Å². The van der Waals surface area contributed by atoms with Crippen LogP contribution >= 0.6 is 11.6 Å². The summed E-state index contributed by atoms with van der Waals surface area (Å²) in [7, 11) is 0. The van der Waals surface area contributed by atoms with Crippen LogP contribution in [0.5, 0.6) is 0 Å². The molecule has 1 aliphatic carbocycles. The van der Waals surface area contributed by atoms with Crippen molar-refractivity contribution in [2.75, 3.05) is 11.9 Å². The first-order valence-corrected chi connectivity index (χ1v) is 7.08. The molecule has 0 radical (unpaired) electrons. The summed E-state index contributed by atoms with van der Waals surface area (Å²) in [6.07, 6.45) is -2.22. The molecule has 2 unspecified atom stereocenters. The third kappa shape index (κ3) is 3.68.